The Morgan fingerprint density at radius 1 is 2.00 bits per heavy atom. The van der Waals surface area contributed by atoms with Gasteiger partial charge in [-0.25, -0.2) is 5.01 Å². The van der Waals surface area contributed by atoms with Gasteiger partial charge in [-0.3, -0.25) is 9.97 Å². The van der Waals surface area contributed by atoms with E-state index in [9.17, 15) is 10.0 Å². The number of hydrogen-bond acceptors (Lipinski definition) is 3. The van der Waals surface area contributed by atoms with Crippen LogP contribution in [0, 0.1) is 5.21 Å². The topological polar surface area (TPSA) is 59.8 Å². The Bertz CT molecular complexity index is 159. The van der Waals surface area contributed by atoms with E-state index in [-0.39, 0.29) is 17.6 Å². The van der Waals surface area contributed by atoms with Gasteiger partial charge in [-0.1, -0.05) is 11.6 Å². The van der Waals surface area contributed by atoms with E-state index < -0.39 is 0 Å². The van der Waals surface area contributed by atoms with Crippen molar-refractivity contribution >= 4 is 5.91 Å². The molecule has 2 N–H and O–H groups in total. The van der Waals surface area contributed by atoms with Gasteiger partial charge in [0.05, 0.1) is 6.54 Å². The summed E-state index contributed by atoms with van der Waals surface area (Å²) >= 11 is 0. The molecule has 1 amide bonds. The van der Waals surface area contributed by atoms with Crippen LogP contribution in [0.4, 0.5) is 0 Å². The molecule has 0 spiro atoms. The summed E-state index contributed by atoms with van der Waals surface area (Å²) in [6, 6.07) is 0. The fourth-order valence-electron chi connectivity index (χ4n) is 0.762. The molecule has 1 saturated heterocycles. The lowest BCUT2D eigenvalue weighted by Gasteiger charge is -2.15. The normalized spacial score (nSPS) is 25.5. The third-order valence-electron chi connectivity index (χ3n) is 1.18. The highest BCUT2D eigenvalue weighted by Crippen LogP contribution is 1.84. The van der Waals surface area contributed by atoms with Crippen molar-refractivity contribution in [3.05, 3.63) is 17.9 Å². The predicted molar refractivity (Wildman–Crippen MR) is 34.2 cm³/mol. The molecule has 1 rings (SSSR count). The largest absolute Gasteiger partial charge is 0.611 e. The first-order chi connectivity index (χ1) is 4.74. The molecule has 0 aliphatic carbocycles. The number of quaternary nitrogens is 1. The minimum Gasteiger partial charge on any atom is -0.611 e. The average molecular weight is 143 g/mol. The van der Waals surface area contributed by atoms with Gasteiger partial charge in [0.15, 0.2) is 6.54 Å². The lowest BCUT2D eigenvalue weighted by molar-refractivity contribution is -0.889. The maximum Gasteiger partial charge on any atom is 0.298 e. The summed E-state index contributed by atoms with van der Waals surface area (Å²) in [6.45, 7) is 3.78. The van der Waals surface area contributed by atoms with Crippen LogP contribution in [-0.2, 0) is 4.79 Å². The molecule has 5 nitrogen and oxygen atoms in total. The number of hydrogen-bond donors (Lipinski definition) is 2. The minimum atomic E-state index is -0.244. The summed E-state index contributed by atoms with van der Waals surface area (Å²) in [5.74, 6) is -0.190. The highest BCUT2D eigenvalue weighted by atomic mass is 16.6. The van der Waals surface area contributed by atoms with Gasteiger partial charge in [0.25, 0.3) is 5.91 Å². The van der Waals surface area contributed by atoms with Crippen LogP contribution >= 0.6 is 0 Å². The van der Waals surface area contributed by atoms with Gasteiger partial charge < -0.3 is 5.21 Å². The van der Waals surface area contributed by atoms with Crippen molar-refractivity contribution in [3.8, 4) is 0 Å². The van der Waals surface area contributed by atoms with Crippen LogP contribution in [-0.4, -0.2) is 24.0 Å². The van der Waals surface area contributed by atoms with E-state index in [0.29, 0.717) is 6.54 Å². The van der Waals surface area contributed by atoms with Gasteiger partial charge in [0, 0.05) is 0 Å². The zero-order valence-electron chi connectivity index (χ0n) is 5.46. The molecule has 0 aromatic heterocycles. The Labute approximate surface area is 58.4 Å². The second-order valence-electron chi connectivity index (χ2n) is 2.00. The average Bonchev–Trinajstić information content (AvgIpc) is 2.13. The van der Waals surface area contributed by atoms with Gasteiger partial charge in [-0.15, -0.1) is 6.58 Å². The molecule has 1 atom stereocenters. The lowest BCUT2D eigenvalue weighted by Crippen LogP contribution is -3.12. The Morgan fingerprint density at radius 2 is 2.70 bits per heavy atom. The van der Waals surface area contributed by atoms with E-state index in [1.54, 1.807) is 6.08 Å². The SMILES string of the molecule is C=CCN1N[NH+]([O-])CC1=O. The van der Waals surface area contributed by atoms with Crippen LogP contribution in [0.3, 0.4) is 0 Å². The summed E-state index contributed by atoms with van der Waals surface area (Å²) in [5, 5.41) is 11.5. The van der Waals surface area contributed by atoms with Crippen molar-refractivity contribution in [2.24, 2.45) is 0 Å². The molecule has 0 bridgehead atoms. The monoisotopic (exact) mass is 143 g/mol. The molecule has 0 saturated carbocycles. The minimum absolute atomic E-state index is 0.0339. The van der Waals surface area contributed by atoms with Crippen LogP contribution in [0.25, 0.3) is 0 Å². The fraction of sp³-hybridized carbons (Fsp3) is 0.400. The molecule has 0 aromatic rings. The summed E-state index contributed by atoms with van der Waals surface area (Å²) in [4.78, 5) is 10.8. The summed E-state index contributed by atoms with van der Waals surface area (Å²) in [6.07, 6.45) is 1.56. The van der Waals surface area contributed by atoms with Gasteiger partial charge in [0.1, 0.15) is 0 Å². The van der Waals surface area contributed by atoms with Gasteiger partial charge in [-0.05, 0) is 0 Å². The number of amides is 1. The molecule has 1 unspecified atom stereocenters. The molecule has 1 aliphatic rings. The predicted octanol–water partition coefficient (Wildman–Crippen LogP) is -2.18. The van der Waals surface area contributed by atoms with Gasteiger partial charge in [-0.2, -0.15) is 0 Å². The summed E-state index contributed by atoms with van der Waals surface area (Å²) < 4.78 is 0. The summed E-state index contributed by atoms with van der Waals surface area (Å²) in [5.41, 5.74) is 2.38. The van der Waals surface area contributed by atoms with E-state index >= 15 is 0 Å². The number of nitrogens with zero attached hydrogens (tertiary/aromatic N) is 1. The third-order valence-corrected chi connectivity index (χ3v) is 1.18. The van der Waals surface area contributed by atoms with Crippen molar-refractivity contribution in [2.45, 2.75) is 0 Å². The van der Waals surface area contributed by atoms with Crippen LogP contribution < -0.4 is 10.7 Å². The number of nitrogens with one attached hydrogen (secondary N) is 2. The van der Waals surface area contributed by atoms with E-state index in [1.165, 1.54) is 5.01 Å². The maximum absolute atomic E-state index is 10.8. The molecule has 56 valence electrons. The first-order valence-electron chi connectivity index (χ1n) is 2.95. The fourth-order valence-corrected chi connectivity index (χ4v) is 0.762. The second-order valence-corrected chi connectivity index (χ2v) is 2.00. The zero-order chi connectivity index (χ0) is 7.56. The van der Waals surface area contributed by atoms with E-state index in [1.807, 2.05) is 0 Å². The van der Waals surface area contributed by atoms with Crippen LogP contribution in [0.2, 0.25) is 0 Å². The smallest absolute Gasteiger partial charge is 0.298 e. The van der Waals surface area contributed by atoms with E-state index in [2.05, 4.69) is 12.1 Å². The molecule has 0 radical (unpaired) electrons. The van der Waals surface area contributed by atoms with E-state index in [0.717, 1.165) is 0 Å². The Hall–Kier alpha value is -0.910. The number of rotatable bonds is 2. The Morgan fingerprint density at radius 3 is 3.10 bits per heavy atom. The van der Waals surface area contributed by atoms with Crippen molar-refractivity contribution in [1.82, 2.24) is 10.5 Å². The van der Waals surface area contributed by atoms with Crippen molar-refractivity contribution in [3.63, 3.8) is 0 Å². The maximum atomic E-state index is 10.8. The third kappa shape index (κ3) is 1.32. The molecule has 1 heterocycles. The first kappa shape index (κ1) is 7.20. The molecular weight excluding hydrogens is 134 g/mol. The quantitative estimate of drug-likeness (QED) is 0.341. The standard InChI is InChI=1S/C5H9N3O2/c1-2-3-7-5(9)4-8(10)6-7/h2,6,8H,1,3-4H2. The molecule has 1 aliphatic heterocycles. The molecule has 10 heavy (non-hydrogen) atoms. The first-order valence-corrected chi connectivity index (χ1v) is 2.95. The number of carbonyl (C=O) groups is 1. The van der Waals surface area contributed by atoms with Crippen LogP contribution in [0.5, 0.6) is 0 Å². The van der Waals surface area contributed by atoms with Crippen LogP contribution in [0.15, 0.2) is 12.7 Å². The van der Waals surface area contributed by atoms with Gasteiger partial charge in [0.2, 0.25) is 0 Å². The highest BCUT2D eigenvalue weighted by Gasteiger charge is 2.24. The Balaban J connectivity index is 2.46. The highest BCUT2D eigenvalue weighted by molar-refractivity contribution is 5.77. The molecule has 1 fully saturated rings. The summed E-state index contributed by atoms with van der Waals surface area (Å²) in [7, 11) is 0. The lowest BCUT2D eigenvalue weighted by atomic mass is 10.5. The van der Waals surface area contributed by atoms with E-state index in [4.69, 9.17) is 0 Å². The van der Waals surface area contributed by atoms with Crippen LogP contribution in [0.1, 0.15) is 0 Å². The molecular formula is C5H9N3O2. The van der Waals surface area contributed by atoms with Crippen molar-refractivity contribution in [1.29, 1.82) is 0 Å². The second kappa shape index (κ2) is 2.78. The molecule has 0 aromatic carbocycles. The number of hydroxylamine groups is 1. The van der Waals surface area contributed by atoms with Crippen molar-refractivity contribution < 1.29 is 9.97 Å². The van der Waals surface area contributed by atoms with Gasteiger partial charge >= 0.3 is 0 Å². The molecule has 5 heteroatoms. The zero-order valence-corrected chi connectivity index (χ0v) is 5.46. The number of hydrazine groups is 1. The van der Waals surface area contributed by atoms with Crippen molar-refractivity contribution in [2.75, 3.05) is 13.1 Å². The number of carbonyl (C=O) groups excluding carboxylic acids is 1. The Kier molecular flexibility index (Phi) is 2.00.